The van der Waals surface area contributed by atoms with E-state index in [2.05, 4.69) is 10.6 Å². The Morgan fingerprint density at radius 3 is 2.39 bits per heavy atom. The molecule has 0 atom stereocenters. The van der Waals surface area contributed by atoms with Gasteiger partial charge in [-0.3, -0.25) is 9.59 Å². The highest BCUT2D eigenvalue weighted by molar-refractivity contribution is 6.02. The van der Waals surface area contributed by atoms with E-state index in [1.165, 1.54) is 0 Å². The minimum Gasteiger partial charge on any atom is -0.486 e. The van der Waals surface area contributed by atoms with Crippen LogP contribution in [0, 0.1) is 0 Å². The van der Waals surface area contributed by atoms with E-state index < -0.39 is 0 Å². The van der Waals surface area contributed by atoms with Crippen molar-refractivity contribution in [2.75, 3.05) is 5.32 Å². The molecule has 28 heavy (non-hydrogen) atoms. The summed E-state index contributed by atoms with van der Waals surface area (Å²) in [5.74, 6) is 1.04. The summed E-state index contributed by atoms with van der Waals surface area (Å²) in [5.41, 5.74) is 1.16. The average molecular weight is 376 g/mol. The van der Waals surface area contributed by atoms with Crippen LogP contribution in [0.1, 0.15) is 39.5 Å². The monoisotopic (exact) mass is 376 g/mol. The van der Waals surface area contributed by atoms with Gasteiger partial charge in [-0.25, -0.2) is 0 Å². The number of benzene rings is 2. The van der Waals surface area contributed by atoms with E-state index in [9.17, 15) is 9.59 Å². The summed E-state index contributed by atoms with van der Waals surface area (Å²) in [6.07, 6.45) is 2.09. The fraction of sp³-hybridized carbons (Fsp3) is 0.182. The summed E-state index contributed by atoms with van der Waals surface area (Å²) in [7, 11) is 0. The minimum absolute atomic E-state index is 0.0885. The van der Waals surface area contributed by atoms with Crippen molar-refractivity contribution < 1.29 is 18.7 Å². The van der Waals surface area contributed by atoms with Gasteiger partial charge in [-0.1, -0.05) is 18.2 Å². The minimum atomic E-state index is -0.360. The van der Waals surface area contributed by atoms with Crippen molar-refractivity contribution in [3.63, 3.8) is 0 Å². The molecular weight excluding hydrogens is 356 g/mol. The first-order chi connectivity index (χ1) is 13.7. The molecule has 0 saturated heterocycles. The number of hydrogen-bond donors (Lipinski definition) is 2. The van der Waals surface area contributed by atoms with E-state index in [4.69, 9.17) is 9.15 Å². The van der Waals surface area contributed by atoms with E-state index in [1.54, 1.807) is 36.4 Å². The molecule has 1 aliphatic carbocycles. The molecule has 3 aromatic rings. The molecule has 0 spiro atoms. The lowest BCUT2D eigenvalue weighted by atomic mass is 10.2. The third-order valence-electron chi connectivity index (χ3n) is 4.33. The van der Waals surface area contributed by atoms with Crippen LogP contribution in [0.15, 0.2) is 71.1 Å². The van der Waals surface area contributed by atoms with Crippen LogP contribution in [-0.2, 0) is 6.61 Å². The van der Waals surface area contributed by atoms with Gasteiger partial charge in [0.1, 0.15) is 18.1 Å². The van der Waals surface area contributed by atoms with E-state index in [0.717, 1.165) is 18.6 Å². The highest BCUT2D eigenvalue weighted by atomic mass is 16.5. The normalized spacial score (nSPS) is 13.0. The summed E-state index contributed by atoms with van der Waals surface area (Å²) in [5, 5.41) is 5.69. The predicted octanol–water partition coefficient (Wildman–Crippen LogP) is 4.00. The number of hydrogen-bond acceptors (Lipinski definition) is 4. The smallest absolute Gasteiger partial charge is 0.291 e. The molecular formula is C22H20N2O4. The Morgan fingerprint density at radius 2 is 1.68 bits per heavy atom. The maximum absolute atomic E-state index is 12.3. The van der Waals surface area contributed by atoms with E-state index in [0.29, 0.717) is 23.1 Å². The summed E-state index contributed by atoms with van der Waals surface area (Å²) in [6, 6.07) is 19.8. The molecule has 0 aliphatic heterocycles. The lowest BCUT2D eigenvalue weighted by molar-refractivity contribution is 0.0950. The second-order valence-corrected chi connectivity index (χ2v) is 6.65. The van der Waals surface area contributed by atoms with Gasteiger partial charge >= 0.3 is 0 Å². The molecule has 2 N–H and O–H groups in total. The van der Waals surface area contributed by atoms with E-state index in [1.807, 2.05) is 30.3 Å². The molecule has 2 aromatic carbocycles. The van der Waals surface area contributed by atoms with Crippen LogP contribution >= 0.6 is 0 Å². The van der Waals surface area contributed by atoms with Gasteiger partial charge in [0.15, 0.2) is 5.76 Å². The van der Waals surface area contributed by atoms with Gasteiger partial charge in [-0.2, -0.15) is 0 Å². The third-order valence-corrected chi connectivity index (χ3v) is 4.33. The molecule has 0 radical (unpaired) electrons. The molecule has 0 unspecified atom stereocenters. The van der Waals surface area contributed by atoms with Crippen molar-refractivity contribution in [2.45, 2.75) is 25.5 Å². The van der Waals surface area contributed by atoms with Gasteiger partial charge < -0.3 is 19.8 Å². The first kappa shape index (κ1) is 17.9. The first-order valence-corrected chi connectivity index (χ1v) is 9.16. The number of para-hydroxylation sites is 1. The molecule has 1 aromatic heterocycles. The van der Waals surface area contributed by atoms with Gasteiger partial charge in [-0.05, 0) is 61.4 Å². The third kappa shape index (κ3) is 4.59. The molecule has 1 aliphatic rings. The molecule has 1 saturated carbocycles. The van der Waals surface area contributed by atoms with Crippen molar-refractivity contribution in [2.24, 2.45) is 0 Å². The van der Waals surface area contributed by atoms with Crippen molar-refractivity contribution in [3.8, 4) is 5.75 Å². The Balaban J connectivity index is 1.32. The molecule has 2 amide bonds. The summed E-state index contributed by atoms with van der Waals surface area (Å²) >= 11 is 0. The number of carbonyl (C=O) groups excluding carboxylic acids is 2. The van der Waals surface area contributed by atoms with Crippen LogP contribution in [0.25, 0.3) is 0 Å². The fourth-order valence-electron chi connectivity index (χ4n) is 2.64. The maximum Gasteiger partial charge on any atom is 0.291 e. The lowest BCUT2D eigenvalue weighted by Crippen LogP contribution is -2.25. The summed E-state index contributed by atoms with van der Waals surface area (Å²) < 4.78 is 11.2. The lowest BCUT2D eigenvalue weighted by Gasteiger charge is -2.06. The predicted molar refractivity (Wildman–Crippen MR) is 104 cm³/mol. The summed E-state index contributed by atoms with van der Waals surface area (Å²) in [6.45, 7) is 0.238. The number of carbonyl (C=O) groups is 2. The molecule has 1 fully saturated rings. The number of nitrogens with one attached hydrogen (secondary N) is 2. The standard InChI is InChI=1S/C22H20N2O4/c25-21(23-17-10-11-17)15-6-8-16(9-7-15)24-22(26)20-13-12-19(28-20)14-27-18-4-2-1-3-5-18/h1-9,12-13,17H,10-11,14H2,(H,23,25)(H,24,26). The molecule has 6 nitrogen and oxygen atoms in total. The topological polar surface area (TPSA) is 80.6 Å². The van der Waals surface area contributed by atoms with Gasteiger partial charge in [-0.15, -0.1) is 0 Å². The molecule has 4 rings (SSSR count). The van der Waals surface area contributed by atoms with Crippen molar-refractivity contribution >= 4 is 17.5 Å². The zero-order valence-corrected chi connectivity index (χ0v) is 15.2. The van der Waals surface area contributed by atoms with E-state index in [-0.39, 0.29) is 24.2 Å². The van der Waals surface area contributed by atoms with Crippen molar-refractivity contribution in [1.29, 1.82) is 0 Å². The largest absolute Gasteiger partial charge is 0.486 e. The average Bonchev–Trinajstić information content (AvgIpc) is 3.40. The van der Waals surface area contributed by atoms with Gasteiger partial charge in [0.05, 0.1) is 0 Å². The fourth-order valence-corrected chi connectivity index (χ4v) is 2.64. The quantitative estimate of drug-likeness (QED) is 0.653. The zero-order valence-electron chi connectivity index (χ0n) is 15.2. The maximum atomic E-state index is 12.3. The molecule has 6 heteroatoms. The van der Waals surface area contributed by atoms with E-state index >= 15 is 0 Å². The highest BCUT2D eigenvalue weighted by Gasteiger charge is 2.23. The van der Waals surface area contributed by atoms with Gasteiger partial charge in [0.25, 0.3) is 11.8 Å². The number of furan rings is 1. The second-order valence-electron chi connectivity index (χ2n) is 6.65. The second kappa shape index (κ2) is 8.00. The Hall–Kier alpha value is -3.54. The Kier molecular flexibility index (Phi) is 5.10. The van der Waals surface area contributed by atoms with Crippen molar-refractivity contribution in [3.05, 3.63) is 83.8 Å². The number of ether oxygens (including phenoxy) is 1. The number of rotatable bonds is 7. The van der Waals surface area contributed by atoms with Crippen LogP contribution in [0.3, 0.4) is 0 Å². The van der Waals surface area contributed by atoms with Gasteiger partial charge in [0, 0.05) is 17.3 Å². The first-order valence-electron chi connectivity index (χ1n) is 9.16. The van der Waals surface area contributed by atoms with Crippen LogP contribution in [0.2, 0.25) is 0 Å². The van der Waals surface area contributed by atoms with Crippen LogP contribution in [0.4, 0.5) is 5.69 Å². The Morgan fingerprint density at radius 1 is 0.929 bits per heavy atom. The molecule has 0 bridgehead atoms. The Bertz CT molecular complexity index is 960. The highest BCUT2D eigenvalue weighted by Crippen LogP contribution is 2.20. The Labute approximate surface area is 162 Å². The zero-order chi connectivity index (χ0) is 19.3. The summed E-state index contributed by atoms with van der Waals surface area (Å²) in [4.78, 5) is 24.3. The van der Waals surface area contributed by atoms with Crippen LogP contribution in [0.5, 0.6) is 5.75 Å². The molecule has 142 valence electrons. The number of amides is 2. The van der Waals surface area contributed by atoms with Crippen molar-refractivity contribution in [1.82, 2.24) is 5.32 Å². The SMILES string of the molecule is O=C(NC1CC1)c1ccc(NC(=O)c2ccc(COc3ccccc3)o2)cc1. The van der Waals surface area contributed by atoms with Crippen LogP contribution in [-0.4, -0.2) is 17.9 Å². The van der Waals surface area contributed by atoms with Crippen LogP contribution < -0.4 is 15.4 Å². The molecule has 1 heterocycles. The van der Waals surface area contributed by atoms with Gasteiger partial charge in [0.2, 0.25) is 0 Å². The number of anilines is 1.